The van der Waals surface area contributed by atoms with Gasteiger partial charge in [-0.15, -0.1) is 0 Å². The maximum Gasteiger partial charge on any atom is 0.0923 e. The zero-order valence-electron chi connectivity index (χ0n) is 8.03. The predicted molar refractivity (Wildman–Crippen MR) is 54.6 cm³/mol. The number of benzene rings is 1. The van der Waals surface area contributed by atoms with Gasteiger partial charge in [0.15, 0.2) is 0 Å². The van der Waals surface area contributed by atoms with E-state index in [0.29, 0.717) is 6.61 Å². The summed E-state index contributed by atoms with van der Waals surface area (Å²) in [7, 11) is 0. The largest absolute Gasteiger partial charge is 0.304 e. The number of H-pyrrole nitrogens is 1. The molecule has 4 nitrogen and oxygen atoms in total. The number of rotatable bonds is 3. The molecule has 0 aliphatic heterocycles. The van der Waals surface area contributed by atoms with Crippen LogP contribution in [0.15, 0.2) is 24.3 Å². The van der Waals surface area contributed by atoms with Gasteiger partial charge in [0.1, 0.15) is 0 Å². The summed E-state index contributed by atoms with van der Waals surface area (Å²) >= 11 is 0. The van der Waals surface area contributed by atoms with Crippen LogP contribution in [0.3, 0.4) is 0 Å². The number of aromatic amines is 1. The Morgan fingerprint density at radius 2 is 2.29 bits per heavy atom. The van der Waals surface area contributed by atoms with Crippen LogP contribution in [0.1, 0.15) is 18.5 Å². The van der Waals surface area contributed by atoms with Crippen molar-refractivity contribution in [1.82, 2.24) is 10.2 Å². The van der Waals surface area contributed by atoms with E-state index in [1.807, 2.05) is 31.2 Å². The summed E-state index contributed by atoms with van der Waals surface area (Å²) in [5.74, 6) is 5.27. The van der Waals surface area contributed by atoms with Crippen molar-refractivity contribution in [2.75, 3.05) is 6.61 Å². The van der Waals surface area contributed by atoms with Gasteiger partial charge in [-0.05, 0) is 6.07 Å². The monoisotopic (exact) mass is 191 g/mol. The summed E-state index contributed by atoms with van der Waals surface area (Å²) in [6, 6.07) is 7.99. The van der Waals surface area contributed by atoms with Crippen LogP contribution in [0.4, 0.5) is 0 Å². The average Bonchev–Trinajstić information content (AvgIpc) is 2.61. The fraction of sp³-hybridized carbons (Fsp3) is 0.300. The molecule has 1 atom stereocenters. The van der Waals surface area contributed by atoms with Gasteiger partial charge in [-0.1, -0.05) is 25.1 Å². The van der Waals surface area contributed by atoms with E-state index in [1.165, 1.54) is 0 Å². The molecule has 74 valence electrons. The minimum absolute atomic E-state index is 0.229. The second-order valence-electron chi connectivity index (χ2n) is 3.39. The third kappa shape index (κ3) is 1.49. The molecular formula is C10H13N3O. The maximum absolute atomic E-state index is 5.05. The lowest BCUT2D eigenvalue weighted by molar-refractivity contribution is 0.126. The highest BCUT2D eigenvalue weighted by Crippen LogP contribution is 2.22. The smallest absolute Gasteiger partial charge is 0.0923 e. The maximum atomic E-state index is 5.05. The number of nitrogens with two attached hydrogens (primary N) is 1. The number of nitrogens with zero attached hydrogens (tertiary/aromatic N) is 1. The van der Waals surface area contributed by atoms with Crippen LogP contribution in [-0.2, 0) is 4.84 Å². The number of nitrogens with one attached hydrogen (secondary N) is 1. The molecule has 14 heavy (non-hydrogen) atoms. The van der Waals surface area contributed by atoms with Crippen LogP contribution >= 0.6 is 0 Å². The Hall–Kier alpha value is -1.39. The molecule has 0 radical (unpaired) electrons. The average molecular weight is 191 g/mol. The first-order chi connectivity index (χ1) is 6.83. The van der Waals surface area contributed by atoms with Gasteiger partial charge in [0, 0.05) is 17.0 Å². The van der Waals surface area contributed by atoms with Crippen LogP contribution < -0.4 is 5.90 Å². The number of fused-ring (bicyclic) bond motifs is 1. The molecule has 2 aromatic rings. The van der Waals surface area contributed by atoms with E-state index in [1.54, 1.807) is 0 Å². The lowest BCUT2D eigenvalue weighted by Crippen LogP contribution is -2.09. The minimum Gasteiger partial charge on any atom is -0.304 e. The van der Waals surface area contributed by atoms with Gasteiger partial charge < -0.3 is 4.84 Å². The van der Waals surface area contributed by atoms with E-state index in [9.17, 15) is 0 Å². The highest BCUT2D eigenvalue weighted by molar-refractivity contribution is 5.81. The van der Waals surface area contributed by atoms with Crippen molar-refractivity contribution in [2.24, 2.45) is 5.90 Å². The molecule has 2 rings (SSSR count). The van der Waals surface area contributed by atoms with Crippen LogP contribution in [0.5, 0.6) is 0 Å². The van der Waals surface area contributed by atoms with Crippen molar-refractivity contribution in [1.29, 1.82) is 0 Å². The van der Waals surface area contributed by atoms with Crippen molar-refractivity contribution >= 4 is 10.9 Å². The predicted octanol–water partition coefficient (Wildman–Crippen LogP) is 1.56. The second-order valence-corrected chi connectivity index (χ2v) is 3.39. The molecule has 0 saturated heterocycles. The zero-order valence-corrected chi connectivity index (χ0v) is 8.03. The van der Waals surface area contributed by atoms with Gasteiger partial charge in [-0.25, -0.2) is 5.90 Å². The highest BCUT2D eigenvalue weighted by Gasteiger charge is 2.11. The summed E-state index contributed by atoms with van der Waals surface area (Å²) < 4.78 is 0. The Bertz CT molecular complexity index is 424. The first-order valence-electron chi connectivity index (χ1n) is 4.57. The molecule has 0 saturated carbocycles. The number of aromatic nitrogens is 2. The van der Waals surface area contributed by atoms with Crippen molar-refractivity contribution < 1.29 is 4.84 Å². The summed E-state index contributed by atoms with van der Waals surface area (Å²) in [5, 5.41) is 8.35. The molecule has 0 bridgehead atoms. The van der Waals surface area contributed by atoms with Crippen molar-refractivity contribution in [2.45, 2.75) is 12.8 Å². The van der Waals surface area contributed by atoms with Gasteiger partial charge in [0.2, 0.25) is 0 Å². The Morgan fingerprint density at radius 3 is 3.07 bits per heavy atom. The lowest BCUT2D eigenvalue weighted by Gasteiger charge is -2.06. The van der Waals surface area contributed by atoms with Crippen LogP contribution in [0.2, 0.25) is 0 Å². The molecule has 0 aliphatic carbocycles. The third-order valence-corrected chi connectivity index (χ3v) is 2.33. The van der Waals surface area contributed by atoms with Crippen LogP contribution in [0.25, 0.3) is 10.9 Å². The highest BCUT2D eigenvalue weighted by atomic mass is 16.6. The van der Waals surface area contributed by atoms with Gasteiger partial charge in [-0.2, -0.15) is 5.10 Å². The molecule has 0 spiro atoms. The second kappa shape index (κ2) is 3.77. The molecular weight excluding hydrogens is 178 g/mol. The first-order valence-corrected chi connectivity index (χ1v) is 4.57. The molecule has 1 aromatic carbocycles. The zero-order chi connectivity index (χ0) is 9.97. The topological polar surface area (TPSA) is 63.9 Å². The van der Waals surface area contributed by atoms with Gasteiger partial charge in [-0.3, -0.25) is 5.10 Å². The van der Waals surface area contributed by atoms with E-state index < -0.39 is 0 Å². The number of para-hydroxylation sites is 1. The van der Waals surface area contributed by atoms with Crippen LogP contribution in [-0.4, -0.2) is 16.8 Å². The minimum atomic E-state index is 0.229. The molecule has 4 heteroatoms. The molecule has 0 fully saturated rings. The van der Waals surface area contributed by atoms with E-state index in [4.69, 9.17) is 5.90 Å². The summed E-state index contributed by atoms with van der Waals surface area (Å²) in [6.45, 7) is 2.54. The summed E-state index contributed by atoms with van der Waals surface area (Å²) in [4.78, 5) is 4.63. The van der Waals surface area contributed by atoms with E-state index >= 15 is 0 Å². The van der Waals surface area contributed by atoms with E-state index in [-0.39, 0.29) is 5.92 Å². The summed E-state index contributed by atoms with van der Waals surface area (Å²) in [6.07, 6.45) is 0. The SMILES string of the molecule is CC(CON)c1[nH]nc2ccccc12. The Labute approximate surface area is 82.0 Å². The molecule has 1 heterocycles. The Morgan fingerprint density at radius 1 is 1.50 bits per heavy atom. The molecule has 1 aromatic heterocycles. The molecule has 1 unspecified atom stereocenters. The van der Waals surface area contributed by atoms with E-state index in [0.717, 1.165) is 16.6 Å². The molecule has 3 N–H and O–H groups in total. The number of hydrogen-bond acceptors (Lipinski definition) is 3. The quantitative estimate of drug-likeness (QED) is 0.723. The van der Waals surface area contributed by atoms with Crippen molar-refractivity contribution in [3.05, 3.63) is 30.0 Å². The van der Waals surface area contributed by atoms with Gasteiger partial charge >= 0.3 is 0 Å². The Kier molecular flexibility index (Phi) is 2.47. The number of hydrogen-bond donors (Lipinski definition) is 2. The van der Waals surface area contributed by atoms with Gasteiger partial charge in [0.25, 0.3) is 0 Å². The fourth-order valence-corrected chi connectivity index (χ4v) is 1.58. The molecule has 0 aliphatic rings. The van der Waals surface area contributed by atoms with Gasteiger partial charge in [0.05, 0.1) is 12.1 Å². The normalized spacial score (nSPS) is 13.3. The Balaban J connectivity index is 2.42. The first kappa shape index (κ1) is 9.18. The van der Waals surface area contributed by atoms with Crippen LogP contribution in [0, 0.1) is 0 Å². The third-order valence-electron chi connectivity index (χ3n) is 2.33. The van der Waals surface area contributed by atoms with E-state index in [2.05, 4.69) is 15.0 Å². The van der Waals surface area contributed by atoms with Crippen molar-refractivity contribution in [3.63, 3.8) is 0 Å². The lowest BCUT2D eigenvalue weighted by atomic mass is 10.1. The molecule has 0 amide bonds. The van der Waals surface area contributed by atoms with Crippen molar-refractivity contribution in [3.8, 4) is 0 Å². The standard InChI is InChI=1S/C10H13N3O/c1-7(6-14-11)10-8-4-2-3-5-9(8)12-13-10/h2-5,7H,6,11H2,1H3,(H,12,13). The fourth-order valence-electron chi connectivity index (χ4n) is 1.58. The summed E-state index contributed by atoms with van der Waals surface area (Å²) in [5.41, 5.74) is 2.05.